The molecule has 0 aromatic carbocycles. The summed E-state index contributed by atoms with van der Waals surface area (Å²) in [5, 5.41) is 7.39. The molecule has 0 aromatic rings. The van der Waals surface area contributed by atoms with Crippen LogP contribution in [0.5, 0.6) is 0 Å². The second-order valence-corrected chi connectivity index (χ2v) is 4.92. The third-order valence-corrected chi connectivity index (χ3v) is 2.55. The fourth-order valence-corrected chi connectivity index (χ4v) is 1.03. The molecule has 1 N–H and O–H groups in total. The van der Waals surface area contributed by atoms with Gasteiger partial charge in [-0.15, -0.1) is 0 Å². The average molecular weight is 539 g/mol. The van der Waals surface area contributed by atoms with Crippen LogP contribution >= 0.6 is 0 Å². The molecule has 0 fully saturated rings. The number of aliphatic hydroxyl groups is 1. The minimum absolute atomic E-state index is 4.48. The lowest BCUT2D eigenvalue weighted by Crippen LogP contribution is -2.72. The summed E-state index contributed by atoms with van der Waals surface area (Å²) in [7, 11) is 0. The summed E-state index contributed by atoms with van der Waals surface area (Å²) in [6, 6.07) is -23.6. The maximum atomic E-state index is 12.5. The molecule has 1 atom stereocenters. The monoisotopic (exact) mass is 539 g/mol. The van der Waals surface area contributed by atoms with Crippen molar-refractivity contribution < 1.29 is 97.3 Å². The van der Waals surface area contributed by atoms with Gasteiger partial charge in [-0.1, -0.05) is 4.90 Å². The van der Waals surface area contributed by atoms with Crippen LogP contribution in [0, 0.1) is 0 Å². The van der Waals surface area contributed by atoms with Crippen LogP contribution < -0.4 is 0 Å². The molecular weight excluding hydrogens is 537 g/mol. The van der Waals surface area contributed by atoms with Crippen LogP contribution in [0.25, 0.3) is 0 Å². The predicted molar refractivity (Wildman–Crippen MR) is 53.0 cm³/mol. The van der Waals surface area contributed by atoms with Crippen molar-refractivity contribution in [2.24, 2.45) is 0 Å². The van der Waals surface area contributed by atoms with Gasteiger partial charge < -0.3 is 5.11 Å². The van der Waals surface area contributed by atoms with E-state index in [0.29, 0.717) is 0 Å². The quantitative estimate of drug-likeness (QED) is 0.339. The van der Waals surface area contributed by atoms with Gasteiger partial charge in [-0.25, -0.2) is 8.78 Å². The molecule has 2 nitrogen and oxygen atoms in total. The van der Waals surface area contributed by atoms with Crippen molar-refractivity contribution in [2.75, 3.05) is 0 Å². The van der Waals surface area contributed by atoms with E-state index in [0.717, 1.165) is 0 Å². The molecule has 0 aromatic heterocycles. The van der Waals surface area contributed by atoms with E-state index in [4.69, 9.17) is 5.11 Å². The van der Waals surface area contributed by atoms with E-state index in [9.17, 15) is 92.2 Å². The van der Waals surface area contributed by atoms with Crippen molar-refractivity contribution in [3.8, 4) is 0 Å². The van der Waals surface area contributed by atoms with Gasteiger partial charge in [-0.3, -0.25) is 0 Å². The molecule has 0 heterocycles. The van der Waals surface area contributed by atoms with Crippen molar-refractivity contribution in [3.63, 3.8) is 0 Å². The van der Waals surface area contributed by atoms with Gasteiger partial charge in [0, 0.05) is 0 Å². The second-order valence-electron chi connectivity index (χ2n) is 4.92. The van der Waals surface area contributed by atoms with Gasteiger partial charge in [-0.05, 0) is 0 Å². The lowest BCUT2D eigenvalue weighted by molar-refractivity contribution is -0.507. The van der Waals surface area contributed by atoms with E-state index in [-0.39, 0.29) is 0 Å². The van der Waals surface area contributed by atoms with Gasteiger partial charge in [0.1, 0.15) is 0 Å². The third-order valence-electron chi connectivity index (χ3n) is 2.55. The molecule has 0 amide bonds. The van der Waals surface area contributed by atoms with Crippen LogP contribution in [0.4, 0.5) is 92.2 Å². The lowest BCUT2D eigenvalue weighted by atomic mass is 10.3. The molecule has 0 aliphatic carbocycles. The van der Waals surface area contributed by atoms with Crippen LogP contribution in [0.15, 0.2) is 0 Å². The summed E-state index contributed by atoms with van der Waals surface area (Å²) in [5.74, 6) is -5.40. The van der Waals surface area contributed by atoms with Crippen LogP contribution in [0.3, 0.4) is 0 Å². The number of rotatable bonds is 4. The van der Waals surface area contributed by atoms with E-state index in [1.165, 1.54) is 0 Å². The number of hydrogen-bond donors (Lipinski definition) is 1. The molecule has 0 bridgehead atoms. The molecule has 0 aliphatic heterocycles. The molecule has 32 heavy (non-hydrogen) atoms. The van der Waals surface area contributed by atoms with Gasteiger partial charge in [-0.2, -0.15) is 83.4 Å². The molecule has 0 saturated carbocycles. The van der Waals surface area contributed by atoms with Crippen molar-refractivity contribution in [1.82, 2.24) is 4.90 Å². The molecule has 0 saturated heterocycles. The minimum Gasteiger partial charge on any atom is -0.350 e. The first kappa shape index (κ1) is 32.6. The fourth-order valence-electron chi connectivity index (χ4n) is 1.03. The Morgan fingerprint density at radius 3 is 0.656 bits per heavy atom. The molecular formula is C9H2F21NO. The standard InChI is InChI=1S/C6F15N.C3H2F6O/c7-1(8,9)4(16,17)22(5(18,19)2(10,11)12)6(20,21)3(13,14)15;4-1(5)2(6,10)3(7,8)9/h;1,10H. The normalized spacial score (nSPS) is 17.2. The van der Waals surface area contributed by atoms with E-state index in [1.807, 2.05) is 0 Å². The van der Waals surface area contributed by atoms with Crippen LogP contribution in [-0.2, 0) is 0 Å². The van der Waals surface area contributed by atoms with Gasteiger partial charge in [0.15, 0.2) is 0 Å². The SMILES string of the molecule is FC(F)(F)C(F)(F)N(C(F)(F)C(F)(F)F)C(F)(F)C(F)(F)F.OC(F)(C(F)F)C(F)(F)F. The Morgan fingerprint density at radius 1 is 0.406 bits per heavy atom. The predicted octanol–water partition coefficient (Wildman–Crippen LogP) is 6.23. The molecule has 0 radical (unpaired) electrons. The van der Waals surface area contributed by atoms with Crippen molar-refractivity contribution in [2.45, 2.75) is 55.1 Å². The highest BCUT2D eigenvalue weighted by molar-refractivity contribution is 4.94. The highest BCUT2D eigenvalue weighted by Crippen LogP contribution is 2.56. The molecule has 0 rings (SSSR count). The summed E-state index contributed by atoms with van der Waals surface area (Å²) in [5.41, 5.74) is 0. The fraction of sp³-hybridized carbons (Fsp3) is 1.00. The largest absolute Gasteiger partial charge is 0.469 e. The minimum atomic E-state index is -7.87. The van der Waals surface area contributed by atoms with Crippen LogP contribution in [0.1, 0.15) is 0 Å². The van der Waals surface area contributed by atoms with E-state index in [2.05, 4.69) is 0 Å². The zero-order valence-electron chi connectivity index (χ0n) is 13.4. The van der Waals surface area contributed by atoms with Gasteiger partial charge in [0.2, 0.25) is 0 Å². The Labute approximate surface area is 159 Å². The Bertz CT molecular complexity index is 543. The zero-order valence-corrected chi connectivity index (χ0v) is 13.4. The van der Waals surface area contributed by atoms with Crippen molar-refractivity contribution in [1.29, 1.82) is 0 Å². The summed E-state index contributed by atoms with van der Waals surface area (Å²) in [4.78, 5) is -4.56. The summed E-state index contributed by atoms with van der Waals surface area (Å²) < 4.78 is 247. The highest BCUT2D eigenvalue weighted by atomic mass is 19.4. The Hall–Kier alpha value is -1.55. The zero-order chi connectivity index (χ0) is 27.2. The maximum absolute atomic E-state index is 12.5. The number of halogens is 21. The highest BCUT2D eigenvalue weighted by Gasteiger charge is 2.84. The van der Waals surface area contributed by atoms with Gasteiger partial charge in [0.05, 0.1) is 0 Å². The molecule has 0 spiro atoms. The van der Waals surface area contributed by atoms with E-state index < -0.39 is 60.0 Å². The summed E-state index contributed by atoms with van der Waals surface area (Å²) in [6.07, 6.45) is -33.2. The first-order valence-electron chi connectivity index (χ1n) is 6.21. The Balaban J connectivity index is 0. The lowest BCUT2D eigenvalue weighted by Gasteiger charge is -2.42. The first-order chi connectivity index (χ1) is 13.3. The number of hydrogen-bond acceptors (Lipinski definition) is 2. The molecule has 23 heteroatoms. The topological polar surface area (TPSA) is 23.5 Å². The first-order valence-corrected chi connectivity index (χ1v) is 6.21. The summed E-state index contributed by atoms with van der Waals surface area (Å²) in [6.45, 7) is 0. The average Bonchev–Trinajstić information content (AvgIpc) is 2.41. The van der Waals surface area contributed by atoms with Gasteiger partial charge >= 0.3 is 55.1 Å². The number of alkyl halides is 21. The Kier molecular flexibility index (Phi) is 8.83. The molecule has 0 aliphatic rings. The van der Waals surface area contributed by atoms with Gasteiger partial charge in [0.25, 0.3) is 0 Å². The summed E-state index contributed by atoms with van der Waals surface area (Å²) >= 11 is 0. The second kappa shape index (κ2) is 8.66. The van der Waals surface area contributed by atoms with Crippen LogP contribution in [0.2, 0.25) is 0 Å². The molecule has 196 valence electrons. The third kappa shape index (κ3) is 6.27. The Morgan fingerprint density at radius 2 is 0.594 bits per heavy atom. The number of nitrogens with zero attached hydrogens (tertiary/aromatic N) is 1. The maximum Gasteiger partial charge on any atom is 0.469 e. The van der Waals surface area contributed by atoms with Crippen molar-refractivity contribution in [3.05, 3.63) is 0 Å². The van der Waals surface area contributed by atoms with E-state index in [1.54, 1.807) is 0 Å². The van der Waals surface area contributed by atoms with E-state index >= 15 is 0 Å². The van der Waals surface area contributed by atoms with Crippen molar-refractivity contribution >= 4 is 0 Å². The molecule has 1 unspecified atom stereocenters. The smallest absolute Gasteiger partial charge is 0.350 e. The van der Waals surface area contributed by atoms with Crippen LogP contribution in [-0.4, -0.2) is 65.1 Å².